The third-order valence-electron chi connectivity index (χ3n) is 4.36. The van der Waals surface area contributed by atoms with Crippen molar-refractivity contribution in [2.45, 2.75) is 6.54 Å². The second kappa shape index (κ2) is 9.86. The molecule has 0 saturated carbocycles. The minimum absolute atomic E-state index is 0.210. The molecular weight excluding hydrogens is 413 g/mol. The Morgan fingerprint density at radius 1 is 1.03 bits per heavy atom. The molecular formula is C24H18FN3O2S. The maximum atomic E-state index is 14.0. The van der Waals surface area contributed by atoms with Crippen LogP contribution < -0.4 is 0 Å². The number of carbonyl (C=O) groups excluding carboxylic acids is 1. The lowest BCUT2D eigenvalue weighted by molar-refractivity contribution is -0.122. The maximum absolute atomic E-state index is 14.0. The van der Waals surface area contributed by atoms with Crippen molar-refractivity contribution in [3.8, 4) is 0 Å². The van der Waals surface area contributed by atoms with Crippen molar-refractivity contribution in [1.29, 1.82) is 0 Å². The molecule has 7 heteroatoms. The first-order valence-electron chi connectivity index (χ1n) is 9.52. The molecule has 0 bridgehead atoms. The highest BCUT2D eigenvalue weighted by Crippen LogP contribution is 2.34. The standard InChI is InChI=1S/C24H18FN3O2S/c25-21-13-5-4-11-19(21)16-22-23(29)28(17-20-12-7-15-30-20)24(31-22)27-26-14-6-10-18-8-2-1-3-9-18/h1-16H,17H2/b10-6+,22-16-,26-14+,27-24-. The first-order chi connectivity index (χ1) is 15.2. The SMILES string of the molecule is O=C1/C(=C/c2ccccc2F)S\C(=N/N=C/C=C/c2ccccc2)N1Cc1ccco1. The van der Waals surface area contributed by atoms with Crippen LogP contribution in [-0.2, 0) is 11.3 Å². The zero-order valence-electron chi connectivity index (χ0n) is 16.4. The average molecular weight is 431 g/mol. The molecule has 1 aliphatic heterocycles. The van der Waals surface area contributed by atoms with Crippen LogP contribution >= 0.6 is 11.8 Å². The van der Waals surface area contributed by atoms with Crippen LogP contribution in [0, 0.1) is 5.82 Å². The average Bonchev–Trinajstić information content (AvgIpc) is 3.40. The predicted octanol–water partition coefficient (Wildman–Crippen LogP) is 5.59. The monoisotopic (exact) mass is 431 g/mol. The molecule has 0 radical (unpaired) electrons. The Morgan fingerprint density at radius 2 is 1.84 bits per heavy atom. The summed E-state index contributed by atoms with van der Waals surface area (Å²) in [5, 5.41) is 8.68. The van der Waals surface area contributed by atoms with Crippen LogP contribution in [0.25, 0.3) is 12.2 Å². The minimum Gasteiger partial charge on any atom is -0.467 e. The number of furan rings is 1. The van der Waals surface area contributed by atoms with Gasteiger partial charge in [-0.2, -0.15) is 5.10 Å². The number of thioether (sulfide) groups is 1. The number of hydrogen-bond acceptors (Lipinski definition) is 5. The predicted molar refractivity (Wildman–Crippen MR) is 123 cm³/mol. The van der Waals surface area contributed by atoms with Gasteiger partial charge < -0.3 is 4.42 Å². The summed E-state index contributed by atoms with van der Waals surface area (Å²) in [5.74, 6) is -0.0596. The summed E-state index contributed by atoms with van der Waals surface area (Å²) in [4.78, 5) is 14.8. The number of hydrogen-bond donors (Lipinski definition) is 0. The number of amidine groups is 1. The van der Waals surface area contributed by atoms with Crippen molar-refractivity contribution in [3.63, 3.8) is 0 Å². The third-order valence-corrected chi connectivity index (χ3v) is 5.36. The van der Waals surface area contributed by atoms with Gasteiger partial charge in [-0.25, -0.2) is 4.39 Å². The van der Waals surface area contributed by atoms with Crippen LogP contribution in [-0.4, -0.2) is 22.2 Å². The fourth-order valence-corrected chi connectivity index (χ4v) is 3.78. The zero-order valence-corrected chi connectivity index (χ0v) is 17.2. The van der Waals surface area contributed by atoms with Crippen molar-refractivity contribution in [1.82, 2.24) is 4.90 Å². The van der Waals surface area contributed by atoms with Crippen molar-refractivity contribution in [3.05, 3.63) is 107 Å². The molecule has 0 spiro atoms. The smallest absolute Gasteiger partial charge is 0.267 e. The molecule has 154 valence electrons. The lowest BCUT2D eigenvalue weighted by atomic mass is 10.2. The second-order valence-corrected chi connectivity index (χ2v) is 7.53. The van der Waals surface area contributed by atoms with Crippen molar-refractivity contribution < 1.29 is 13.6 Å². The molecule has 3 aromatic rings. The van der Waals surface area contributed by atoms with E-state index in [1.807, 2.05) is 36.4 Å². The van der Waals surface area contributed by atoms with Gasteiger partial charge in [-0.3, -0.25) is 9.69 Å². The minimum atomic E-state index is -0.393. The molecule has 0 atom stereocenters. The van der Waals surface area contributed by atoms with Gasteiger partial charge in [0.2, 0.25) is 0 Å². The van der Waals surface area contributed by atoms with E-state index < -0.39 is 5.82 Å². The Balaban J connectivity index is 1.56. The number of benzene rings is 2. The van der Waals surface area contributed by atoms with E-state index in [1.54, 1.807) is 48.9 Å². The van der Waals surface area contributed by atoms with Crippen LogP contribution in [0.3, 0.4) is 0 Å². The van der Waals surface area contributed by atoms with Gasteiger partial charge in [0.05, 0.1) is 17.7 Å². The van der Waals surface area contributed by atoms with Gasteiger partial charge in [0.25, 0.3) is 5.91 Å². The molecule has 5 nitrogen and oxygen atoms in total. The van der Waals surface area contributed by atoms with Gasteiger partial charge in [0, 0.05) is 11.8 Å². The molecule has 0 N–H and O–H groups in total. The number of carbonyl (C=O) groups is 1. The molecule has 31 heavy (non-hydrogen) atoms. The summed E-state index contributed by atoms with van der Waals surface area (Å²) in [6.45, 7) is 0.210. The van der Waals surface area contributed by atoms with Gasteiger partial charge in [-0.15, -0.1) is 5.10 Å². The fraction of sp³-hybridized carbons (Fsp3) is 0.0417. The second-order valence-electron chi connectivity index (χ2n) is 6.52. The first kappa shape index (κ1) is 20.6. The summed E-state index contributed by atoms with van der Waals surface area (Å²) in [7, 11) is 0. The van der Waals surface area contributed by atoms with E-state index in [1.165, 1.54) is 17.0 Å². The molecule has 0 unspecified atom stereocenters. The van der Waals surface area contributed by atoms with Gasteiger partial charge in [-0.05, 0) is 47.7 Å². The molecule has 0 aliphatic carbocycles. The Labute approximate surface area is 183 Å². The van der Waals surface area contributed by atoms with Crippen LogP contribution in [0.2, 0.25) is 0 Å². The topological polar surface area (TPSA) is 58.2 Å². The molecule has 1 fully saturated rings. The van der Waals surface area contributed by atoms with E-state index in [-0.39, 0.29) is 12.5 Å². The lowest BCUT2D eigenvalue weighted by Gasteiger charge is -2.12. The maximum Gasteiger partial charge on any atom is 0.267 e. The van der Waals surface area contributed by atoms with E-state index in [0.29, 0.717) is 21.4 Å². The van der Waals surface area contributed by atoms with Crippen LogP contribution in [0.15, 0.2) is 98.6 Å². The molecule has 2 aromatic carbocycles. The Hall–Kier alpha value is -3.71. The number of rotatable bonds is 6. The van der Waals surface area contributed by atoms with E-state index in [0.717, 1.165) is 17.3 Å². The van der Waals surface area contributed by atoms with Crippen LogP contribution in [0.1, 0.15) is 16.9 Å². The third kappa shape index (κ3) is 5.26. The Morgan fingerprint density at radius 3 is 2.61 bits per heavy atom. The van der Waals surface area contributed by atoms with Crippen molar-refractivity contribution in [2.75, 3.05) is 0 Å². The molecule has 1 aliphatic rings. The van der Waals surface area contributed by atoms with Crippen molar-refractivity contribution >= 4 is 41.2 Å². The number of amides is 1. The van der Waals surface area contributed by atoms with E-state index >= 15 is 0 Å². The normalized spacial score (nSPS) is 17.1. The lowest BCUT2D eigenvalue weighted by Crippen LogP contribution is -2.28. The van der Waals surface area contributed by atoms with Crippen LogP contribution in [0.4, 0.5) is 4.39 Å². The summed E-state index contributed by atoms with van der Waals surface area (Å²) in [6, 6.07) is 19.6. The molecule has 4 rings (SSSR count). The quantitative estimate of drug-likeness (QED) is 0.290. The molecule has 1 aromatic heterocycles. The Kier molecular flexibility index (Phi) is 6.54. The molecule has 1 saturated heterocycles. The fourth-order valence-electron chi connectivity index (χ4n) is 2.85. The van der Waals surface area contributed by atoms with Crippen LogP contribution in [0.5, 0.6) is 0 Å². The summed E-state index contributed by atoms with van der Waals surface area (Å²) >= 11 is 1.15. The highest BCUT2D eigenvalue weighted by molar-refractivity contribution is 8.18. The first-order valence-corrected chi connectivity index (χ1v) is 10.3. The highest BCUT2D eigenvalue weighted by atomic mass is 32.2. The highest BCUT2D eigenvalue weighted by Gasteiger charge is 2.34. The number of halogens is 1. The van der Waals surface area contributed by atoms with Gasteiger partial charge in [0.15, 0.2) is 5.17 Å². The van der Waals surface area contributed by atoms with Gasteiger partial charge in [0.1, 0.15) is 11.6 Å². The van der Waals surface area contributed by atoms with E-state index in [2.05, 4.69) is 10.2 Å². The largest absolute Gasteiger partial charge is 0.467 e. The summed E-state index contributed by atoms with van der Waals surface area (Å²) < 4.78 is 19.4. The number of allylic oxidation sites excluding steroid dienone is 1. The summed E-state index contributed by atoms with van der Waals surface area (Å²) in [6.07, 6.45) is 8.30. The van der Waals surface area contributed by atoms with Gasteiger partial charge >= 0.3 is 0 Å². The van der Waals surface area contributed by atoms with Crippen molar-refractivity contribution in [2.24, 2.45) is 10.2 Å². The summed E-state index contributed by atoms with van der Waals surface area (Å²) in [5.41, 5.74) is 1.38. The van der Waals surface area contributed by atoms with Gasteiger partial charge in [-0.1, -0.05) is 54.6 Å². The zero-order chi connectivity index (χ0) is 21.5. The Bertz CT molecular complexity index is 1170. The van der Waals surface area contributed by atoms with E-state index in [4.69, 9.17) is 4.42 Å². The molecule has 1 amide bonds. The molecule has 2 heterocycles. The van der Waals surface area contributed by atoms with E-state index in [9.17, 15) is 9.18 Å². The number of nitrogens with zero attached hydrogens (tertiary/aromatic N) is 3.